The molecule has 2 aromatic rings. The molecule has 0 atom stereocenters. The molecule has 0 fully saturated rings. The number of rotatable bonds is 3. The largest absolute Gasteiger partial charge is 0.218 e. The fourth-order valence-electron chi connectivity index (χ4n) is 1.34. The van der Waals surface area contributed by atoms with Gasteiger partial charge in [-0.05, 0) is 51.7 Å². The number of sulfone groups is 1. The summed E-state index contributed by atoms with van der Waals surface area (Å²) in [7, 11) is -3.92. The van der Waals surface area contributed by atoms with E-state index in [1.807, 2.05) is 0 Å². The van der Waals surface area contributed by atoms with Crippen molar-refractivity contribution in [2.45, 2.75) is 4.90 Å². The van der Waals surface area contributed by atoms with E-state index in [1.54, 1.807) is 23.6 Å². The van der Waals surface area contributed by atoms with Crippen molar-refractivity contribution in [3.63, 3.8) is 0 Å². The SMILES string of the molecule is N#C/C(=C\c1csnn1)S(=O)(=O)c1cc(Br)ccc1Br. The van der Waals surface area contributed by atoms with Crippen LogP contribution in [-0.4, -0.2) is 18.0 Å². The van der Waals surface area contributed by atoms with Gasteiger partial charge in [0.05, 0.1) is 4.90 Å². The number of benzene rings is 1. The van der Waals surface area contributed by atoms with Crippen LogP contribution in [0, 0.1) is 11.3 Å². The van der Waals surface area contributed by atoms with Gasteiger partial charge in [0.1, 0.15) is 11.8 Å². The second-order valence-corrected chi connectivity index (χ2v) is 7.79. The highest BCUT2D eigenvalue weighted by Gasteiger charge is 2.24. The molecule has 1 aromatic carbocycles. The lowest BCUT2D eigenvalue weighted by Gasteiger charge is -2.05. The van der Waals surface area contributed by atoms with Gasteiger partial charge in [-0.25, -0.2) is 8.42 Å². The highest BCUT2D eigenvalue weighted by atomic mass is 79.9. The maximum Gasteiger partial charge on any atom is 0.217 e. The van der Waals surface area contributed by atoms with Gasteiger partial charge in [-0.3, -0.25) is 0 Å². The molecular weight excluding hydrogens is 430 g/mol. The molecule has 0 saturated carbocycles. The number of halogens is 2. The number of hydrogen-bond donors (Lipinski definition) is 0. The summed E-state index contributed by atoms with van der Waals surface area (Å²) >= 11 is 7.47. The van der Waals surface area contributed by atoms with Gasteiger partial charge in [0.25, 0.3) is 0 Å². The van der Waals surface area contributed by atoms with Gasteiger partial charge in [0, 0.05) is 14.3 Å². The molecule has 0 saturated heterocycles. The molecule has 0 aliphatic heterocycles. The van der Waals surface area contributed by atoms with E-state index < -0.39 is 9.84 Å². The molecule has 20 heavy (non-hydrogen) atoms. The van der Waals surface area contributed by atoms with E-state index in [2.05, 4.69) is 41.4 Å². The molecule has 0 radical (unpaired) electrons. The fraction of sp³-hybridized carbons (Fsp3) is 0. The number of aromatic nitrogens is 2. The number of nitriles is 1. The van der Waals surface area contributed by atoms with Crippen LogP contribution in [-0.2, 0) is 9.84 Å². The van der Waals surface area contributed by atoms with Crippen molar-refractivity contribution >= 4 is 59.3 Å². The highest BCUT2D eigenvalue weighted by molar-refractivity contribution is 9.11. The Balaban J connectivity index is 2.59. The van der Waals surface area contributed by atoms with Crippen molar-refractivity contribution in [3.05, 3.63) is 43.1 Å². The lowest BCUT2D eigenvalue weighted by Crippen LogP contribution is -2.04. The van der Waals surface area contributed by atoms with E-state index in [9.17, 15) is 8.42 Å². The van der Waals surface area contributed by atoms with Crippen LogP contribution < -0.4 is 0 Å². The van der Waals surface area contributed by atoms with Gasteiger partial charge in [0.2, 0.25) is 9.84 Å². The van der Waals surface area contributed by atoms with E-state index in [0.29, 0.717) is 14.6 Å². The first-order valence-corrected chi connectivity index (χ1v) is 8.94. The minimum atomic E-state index is -3.92. The van der Waals surface area contributed by atoms with Crippen LogP contribution in [0.1, 0.15) is 5.69 Å². The zero-order valence-electron chi connectivity index (χ0n) is 9.62. The average molecular weight is 435 g/mol. The number of nitrogens with zero attached hydrogens (tertiary/aromatic N) is 3. The van der Waals surface area contributed by atoms with Crippen LogP contribution in [0.5, 0.6) is 0 Å². The maximum absolute atomic E-state index is 12.5. The molecule has 0 spiro atoms. The Labute approximate surface area is 136 Å². The lowest BCUT2D eigenvalue weighted by atomic mass is 10.4. The summed E-state index contributed by atoms with van der Waals surface area (Å²) in [4.78, 5) is -0.369. The topological polar surface area (TPSA) is 83.7 Å². The van der Waals surface area contributed by atoms with Gasteiger partial charge in [0.15, 0.2) is 4.91 Å². The standard InChI is InChI=1S/C11H5Br2N3O2S2/c12-7-1-2-10(13)11(3-7)20(17,18)9(5-14)4-8-6-19-16-15-8/h1-4,6H/b9-4+. The Morgan fingerprint density at radius 2 is 2.15 bits per heavy atom. The zero-order chi connectivity index (χ0) is 14.8. The summed E-state index contributed by atoms with van der Waals surface area (Å²) in [5, 5.41) is 14.4. The van der Waals surface area contributed by atoms with Crippen molar-refractivity contribution in [1.82, 2.24) is 9.59 Å². The average Bonchev–Trinajstić information content (AvgIpc) is 2.91. The first-order valence-electron chi connectivity index (χ1n) is 5.04. The van der Waals surface area contributed by atoms with Gasteiger partial charge in [-0.2, -0.15) is 5.26 Å². The van der Waals surface area contributed by atoms with E-state index in [1.165, 1.54) is 12.1 Å². The Hall–Kier alpha value is -1.08. The molecule has 1 heterocycles. The third-order valence-electron chi connectivity index (χ3n) is 2.24. The smallest absolute Gasteiger partial charge is 0.217 e. The van der Waals surface area contributed by atoms with Gasteiger partial charge >= 0.3 is 0 Å². The van der Waals surface area contributed by atoms with Crippen LogP contribution >= 0.6 is 43.4 Å². The monoisotopic (exact) mass is 433 g/mol. The van der Waals surface area contributed by atoms with Gasteiger partial charge in [-0.15, -0.1) is 5.10 Å². The number of allylic oxidation sites excluding steroid dienone is 1. The Bertz CT molecular complexity index is 809. The van der Waals surface area contributed by atoms with E-state index >= 15 is 0 Å². The lowest BCUT2D eigenvalue weighted by molar-refractivity contribution is 0.603. The van der Waals surface area contributed by atoms with E-state index in [-0.39, 0.29) is 9.80 Å². The summed E-state index contributed by atoms with van der Waals surface area (Å²) in [5.41, 5.74) is 0.334. The summed E-state index contributed by atoms with van der Waals surface area (Å²) in [6, 6.07) is 6.43. The minimum Gasteiger partial charge on any atom is -0.218 e. The second-order valence-electron chi connectivity index (χ2n) is 3.53. The Morgan fingerprint density at radius 3 is 2.75 bits per heavy atom. The van der Waals surface area contributed by atoms with Gasteiger partial charge < -0.3 is 0 Å². The maximum atomic E-state index is 12.5. The molecule has 0 aliphatic rings. The molecule has 102 valence electrons. The molecule has 0 bridgehead atoms. The summed E-state index contributed by atoms with van der Waals surface area (Å²) in [6.45, 7) is 0. The van der Waals surface area contributed by atoms with Crippen LogP contribution in [0.3, 0.4) is 0 Å². The Morgan fingerprint density at radius 1 is 1.40 bits per heavy atom. The van der Waals surface area contributed by atoms with Crippen molar-refractivity contribution in [3.8, 4) is 6.07 Å². The normalized spacial score (nSPS) is 12.2. The van der Waals surface area contributed by atoms with Crippen molar-refractivity contribution < 1.29 is 8.42 Å². The molecule has 2 rings (SSSR count). The van der Waals surface area contributed by atoms with E-state index in [4.69, 9.17) is 5.26 Å². The van der Waals surface area contributed by atoms with Crippen LogP contribution in [0.2, 0.25) is 0 Å². The molecule has 5 nitrogen and oxygen atoms in total. The summed E-state index contributed by atoms with van der Waals surface area (Å²) in [5.74, 6) is 0. The summed E-state index contributed by atoms with van der Waals surface area (Å²) < 4.78 is 29.6. The molecule has 0 aliphatic carbocycles. The molecule has 0 N–H and O–H groups in total. The third-order valence-corrected chi connectivity index (χ3v) is 5.91. The van der Waals surface area contributed by atoms with Crippen LogP contribution in [0.25, 0.3) is 6.08 Å². The quantitative estimate of drug-likeness (QED) is 0.691. The molecule has 0 unspecified atom stereocenters. The zero-order valence-corrected chi connectivity index (χ0v) is 14.4. The fourth-order valence-corrected chi connectivity index (χ4v) is 4.39. The molecular formula is C11H5Br2N3O2S2. The highest BCUT2D eigenvalue weighted by Crippen LogP contribution is 2.30. The first kappa shape index (κ1) is 15.3. The van der Waals surface area contributed by atoms with Crippen LogP contribution in [0.4, 0.5) is 0 Å². The van der Waals surface area contributed by atoms with Crippen molar-refractivity contribution in [2.24, 2.45) is 0 Å². The first-order chi connectivity index (χ1) is 9.45. The summed E-state index contributed by atoms with van der Waals surface area (Å²) in [6.07, 6.45) is 1.20. The molecule has 9 heteroatoms. The van der Waals surface area contributed by atoms with Crippen LogP contribution in [0.15, 0.2) is 42.3 Å². The van der Waals surface area contributed by atoms with Gasteiger partial charge in [-0.1, -0.05) is 20.4 Å². The van der Waals surface area contributed by atoms with Crippen molar-refractivity contribution in [1.29, 1.82) is 5.26 Å². The number of hydrogen-bond acceptors (Lipinski definition) is 6. The Kier molecular flexibility index (Phi) is 4.70. The molecule has 0 amide bonds. The predicted octanol–water partition coefficient (Wildman–Crippen LogP) is 3.40. The molecule has 1 aromatic heterocycles. The second kappa shape index (κ2) is 6.13. The van der Waals surface area contributed by atoms with E-state index in [0.717, 1.165) is 11.5 Å². The third kappa shape index (κ3) is 3.15. The van der Waals surface area contributed by atoms with Crippen molar-refractivity contribution in [2.75, 3.05) is 0 Å². The predicted molar refractivity (Wildman–Crippen MR) is 82.5 cm³/mol. The minimum absolute atomic E-state index is 0.0165.